The van der Waals surface area contributed by atoms with E-state index in [2.05, 4.69) is 5.32 Å². The van der Waals surface area contributed by atoms with Gasteiger partial charge in [0.05, 0.1) is 4.90 Å². The first-order valence-electron chi connectivity index (χ1n) is 7.23. The highest BCUT2D eigenvalue weighted by molar-refractivity contribution is 7.89. The smallest absolute Gasteiger partial charge is 0.243 e. The van der Waals surface area contributed by atoms with E-state index < -0.39 is 10.0 Å². The van der Waals surface area contributed by atoms with E-state index in [1.54, 1.807) is 22.5 Å². The highest BCUT2D eigenvalue weighted by atomic mass is 32.2. The van der Waals surface area contributed by atoms with Crippen molar-refractivity contribution in [2.45, 2.75) is 50.6 Å². The van der Waals surface area contributed by atoms with Gasteiger partial charge >= 0.3 is 0 Å². The molecule has 1 aliphatic rings. The molecule has 0 bridgehead atoms. The Hall–Kier alpha value is -0.910. The fourth-order valence-electron chi connectivity index (χ4n) is 2.63. The van der Waals surface area contributed by atoms with Crippen LogP contribution in [0.3, 0.4) is 0 Å². The SMILES string of the molecule is Cc1cccc(S(=O)(=O)N(CC2CCCN2)C(C)C)c1. The van der Waals surface area contributed by atoms with Gasteiger partial charge in [-0.3, -0.25) is 0 Å². The number of hydrogen-bond acceptors (Lipinski definition) is 3. The van der Waals surface area contributed by atoms with E-state index in [9.17, 15) is 8.42 Å². The van der Waals surface area contributed by atoms with Crippen molar-refractivity contribution < 1.29 is 8.42 Å². The summed E-state index contributed by atoms with van der Waals surface area (Å²) in [4.78, 5) is 0.393. The van der Waals surface area contributed by atoms with E-state index in [1.807, 2.05) is 26.8 Å². The average Bonchev–Trinajstić information content (AvgIpc) is 2.88. The summed E-state index contributed by atoms with van der Waals surface area (Å²) in [5.74, 6) is 0. The van der Waals surface area contributed by atoms with Gasteiger partial charge in [-0.25, -0.2) is 8.42 Å². The topological polar surface area (TPSA) is 49.4 Å². The second-order valence-electron chi connectivity index (χ2n) is 5.78. The number of nitrogens with one attached hydrogen (secondary N) is 1. The number of benzene rings is 1. The zero-order chi connectivity index (χ0) is 14.8. The molecule has 0 saturated carbocycles. The predicted molar refractivity (Wildman–Crippen MR) is 81.2 cm³/mol. The summed E-state index contributed by atoms with van der Waals surface area (Å²) < 4.78 is 27.2. The number of aryl methyl sites for hydroxylation is 1. The van der Waals surface area contributed by atoms with Gasteiger partial charge in [-0.2, -0.15) is 4.31 Å². The summed E-state index contributed by atoms with van der Waals surface area (Å²) in [6.07, 6.45) is 2.17. The molecule has 1 aromatic carbocycles. The monoisotopic (exact) mass is 296 g/mol. The van der Waals surface area contributed by atoms with Crippen molar-refractivity contribution in [2.75, 3.05) is 13.1 Å². The standard InChI is InChI=1S/C15H24N2O2S/c1-12(2)17(11-14-7-5-9-16-14)20(18,19)15-8-4-6-13(3)10-15/h4,6,8,10,12,14,16H,5,7,9,11H2,1-3H3. The Morgan fingerprint density at radius 3 is 2.70 bits per heavy atom. The van der Waals surface area contributed by atoms with Crippen molar-refractivity contribution in [3.63, 3.8) is 0 Å². The maximum Gasteiger partial charge on any atom is 0.243 e. The lowest BCUT2D eigenvalue weighted by Gasteiger charge is -2.28. The molecule has 4 nitrogen and oxygen atoms in total. The van der Waals surface area contributed by atoms with Gasteiger partial charge in [0.25, 0.3) is 0 Å². The Bertz CT molecular complexity index is 549. The zero-order valence-electron chi connectivity index (χ0n) is 12.5. The van der Waals surface area contributed by atoms with Crippen molar-refractivity contribution in [2.24, 2.45) is 0 Å². The third kappa shape index (κ3) is 3.40. The molecule has 112 valence electrons. The van der Waals surface area contributed by atoms with Gasteiger partial charge in [0.15, 0.2) is 0 Å². The average molecular weight is 296 g/mol. The highest BCUT2D eigenvalue weighted by Crippen LogP contribution is 2.21. The molecular formula is C15H24N2O2S. The predicted octanol–water partition coefficient (Wildman–Crippen LogP) is 2.15. The van der Waals surface area contributed by atoms with Crippen LogP contribution in [0.2, 0.25) is 0 Å². The van der Waals surface area contributed by atoms with Crippen molar-refractivity contribution in [1.29, 1.82) is 0 Å². The van der Waals surface area contributed by atoms with Crippen LogP contribution in [0.15, 0.2) is 29.2 Å². The molecule has 1 unspecified atom stereocenters. The Morgan fingerprint density at radius 1 is 1.40 bits per heavy atom. The summed E-state index contributed by atoms with van der Waals surface area (Å²) >= 11 is 0. The number of rotatable bonds is 5. The summed E-state index contributed by atoms with van der Waals surface area (Å²) in [6, 6.07) is 7.37. The molecule has 2 rings (SSSR count). The van der Waals surface area contributed by atoms with E-state index >= 15 is 0 Å². The Balaban J connectivity index is 2.27. The molecule has 1 heterocycles. The Morgan fingerprint density at radius 2 is 2.15 bits per heavy atom. The molecule has 1 aliphatic heterocycles. The molecular weight excluding hydrogens is 272 g/mol. The first-order valence-corrected chi connectivity index (χ1v) is 8.67. The van der Waals surface area contributed by atoms with Crippen LogP contribution >= 0.6 is 0 Å². The van der Waals surface area contributed by atoms with E-state index in [1.165, 1.54) is 0 Å². The first kappa shape index (κ1) is 15.5. The maximum atomic E-state index is 12.8. The van der Waals surface area contributed by atoms with E-state index in [-0.39, 0.29) is 12.1 Å². The molecule has 0 aromatic heterocycles. The summed E-state index contributed by atoms with van der Waals surface area (Å²) in [5.41, 5.74) is 0.966. The highest BCUT2D eigenvalue weighted by Gasteiger charge is 2.30. The Labute approximate surface area is 122 Å². The second kappa shape index (κ2) is 6.24. The van der Waals surface area contributed by atoms with Crippen molar-refractivity contribution in [3.05, 3.63) is 29.8 Å². The normalized spacial score (nSPS) is 19.9. The first-order chi connectivity index (χ1) is 9.41. The minimum absolute atomic E-state index is 0.0390. The van der Waals surface area contributed by atoms with Crippen LogP contribution in [0.5, 0.6) is 0 Å². The van der Waals surface area contributed by atoms with Crippen LogP contribution in [0, 0.1) is 6.92 Å². The van der Waals surface area contributed by atoms with Gasteiger partial charge in [-0.05, 0) is 57.9 Å². The lowest BCUT2D eigenvalue weighted by molar-refractivity contribution is 0.322. The molecule has 1 fully saturated rings. The molecule has 20 heavy (non-hydrogen) atoms. The summed E-state index contributed by atoms with van der Waals surface area (Å²) in [7, 11) is -3.42. The lowest BCUT2D eigenvalue weighted by Crippen LogP contribution is -2.44. The van der Waals surface area contributed by atoms with Crippen LogP contribution in [-0.4, -0.2) is 37.9 Å². The summed E-state index contributed by atoms with van der Waals surface area (Å²) in [5, 5.41) is 3.37. The van der Waals surface area contributed by atoms with Gasteiger partial charge < -0.3 is 5.32 Å². The van der Waals surface area contributed by atoms with E-state index in [0.29, 0.717) is 11.4 Å². The van der Waals surface area contributed by atoms with Gasteiger partial charge in [0.1, 0.15) is 0 Å². The number of hydrogen-bond donors (Lipinski definition) is 1. The molecule has 1 aromatic rings. The van der Waals surface area contributed by atoms with E-state index in [4.69, 9.17) is 0 Å². The molecule has 0 radical (unpaired) electrons. The molecule has 5 heteroatoms. The fourth-order valence-corrected chi connectivity index (χ4v) is 4.41. The van der Waals surface area contributed by atoms with Gasteiger partial charge in [-0.1, -0.05) is 12.1 Å². The molecule has 0 amide bonds. The lowest BCUT2D eigenvalue weighted by atomic mass is 10.2. The van der Waals surface area contributed by atoms with Crippen LogP contribution in [0.25, 0.3) is 0 Å². The van der Waals surface area contributed by atoms with Crippen LogP contribution in [0.4, 0.5) is 0 Å². The van der Waals surface area contributed by atoms with Crippen LogP contribution in [0.1, 0.15) is 32.3 Å². The molecule has 1 atom stereocenters. The fraction of sp³-hybridized carbons (Fsp3) is 0.600. The third-order valence-electron chi connectivity index (χ3n) is 3.73. The van der Waals surface area contributed by atoms with E-state index in [0.717, 1.165) is 24.9 Å². The molecule has 0 aliphatic carbocycles. The van der Waals surface area contributed by atoms with Crippen molar-refractivity contribution >= 4 is 10.0 Å². The van der Waals surface area contributed by atoms with Crippen LogP contribution < -0.4 is 5.32 Å². The van der Waals surface area contributed by atoms with Crippen molar-refractivity contribution in [1.82, 2.24) is 9.62 Å². The third-order valence-corrected chi connectivity index (χ3v) is 5.77. The van der Waals surface area contributed by atoms with Gasteiger partial charge in [0, 0.05) is 18.6 Å². The van der Waals surface area contributed by atoms with Gasteiger partial charge in [-0.15, -0.1) is 0 Å². The minimum Gasteiger partial charge on any atom is -0.313 e. The van der Waals surface area contributed by atoms with Crippen LogP contribution in [-0.2, 0) is 10.0 Å². The zero-order valence-corrected chi connectivity index (χ0v) is 13.3. The van der Waals surface area contributed by atoms with Gasteiger partial charge in [0.2, 0.25) is 10.0 Å². The minimum atomic E-state index is -3.42. The summed E-state index contributed by atoms with van der Waals surface area (Å²) in [6.45, 7) is 7.32. The molecule has 1 N–H and O–H groups in total. The quantitative estimate of drug-likeness (QED) is 0.905. The number of nitrogens with zero attached hydrogens (tertiary/aromatic N) is 1. The number of sulfonamides is 1. The van der Waals surface area contributed by atoms with Crippen molar-refractivity contribution in [3.8, 4) is 0 Å². The second-order valence-corrected chi connectivity index (χ2v) is 7.67. The largest absolute Gasteiger partial charge is 0.313 e. The maximum absolute atomic E-state index is 12.8. The Kier molecular flexibility index (Phi) is 4.83. The molecule has 0 spiro atoms. The molecule has 1 saturated heterocycles.